The first-order valence-corrected chi connectivity index (χ1v) is 11.2. The number of hydrogen-bond acceptors (Lipinski definition) is 6. The van der Waals surface area contributed by atoms with Crippen LogP contribution in [-0.4, -0.2) is 52.0 Å². The Kier molecular flexibility index (Phi) is 10.8. The zero-order chi connectivity index (χ0) is 23.0. The quantitative estimate of drug-likeness (QED) is 0.183. The van der Waals surface area contributed by atoms with Crippen LogP contribution in [0.25, 0.3) is 0 Å². The van der Waals surface area contributed by atoms with Crippen LogP contribution < -0.4 is 5.32 Å². The molecule has 0 bridgehead atoms. The molecule has 10 heteroatoms. The average Bonchev–Trinajstić information content (AvgIpc) is 2.51. The van der Waals surface area contributed by atoms with Crippen LogP contribution in [0.15, 0.2) is 11.6 Å². The predicted octanol–water partition coefficient (Wildman–Crippen LogP) is 2.16. The van der Waals surface area contributed by atoms with E-state index in [-0.39, 0.29) is 18.6 Å². The maximum atomic E-state index is 12.8. The lowest BCUT2D eigenvalue weighted by Gasteiger charge is -2.44. The van der Waals surface area contributed by atoms with Gasteiger partial charge in [-0.25, -0.2) is 4.79 Å². The molecule has 0 aliphatic rings. The van der Waals surface area contributed by atoms with E-state index in [4.69, 9.17) is 9.47 Å². The van der Waals surface area contributed by atoms with Gasteiger partial charge >= 0.3 is 19.5 Å². The number of ether oxygens (including phenoxy) is 2. The van der Waals surface area contributed by atoms with Gasteiger partial charge in [0.2, 0.25) is 6.41 Å². The highest BCUT2D eigenvalue weighted by Crippen LogP contribution is 2.63. The van der Waals surface area contributed by atoms with Crippen molar-refractivity contribution in [1.82, 2.24) is 5.32 Å². The van der Waals surface area contributed by atoms with Crippen molar-refractivity contribution in [2.75, 3.05) is 6.61 Å². The van der Waals surface area contributed by atoms with E-state index in [1.54, 1.807) is 41.5 Å². The van der Waals surface area contributed by atoms with E-state index in [1.807, 2.05) is 0 Å². The standard InChI is InChI=1S/C19H34NO8P/c1-8-27-18(23)17(20-11-21)10-16(9-14(6)28-15(7)22)19(12(2)3,13(4)5)29(24,25)26/h10-14,17H,8-9H2,1-7H3,(H,20,21)(H2,24,25,26). The van der Waals surface area contributed by atoms with Crippen LogP contribution >= 0.6 is 7.60 Å². The molecule has 0 heterocycles. The van der Waals surface area contributed by atoms with Gasteiger partial charge in [0.1, 0.15) is 12.1 Å². The van der Waals surface area contributed by atoms with Gasteiger partial charge in [-0.1, -0.05) is 33.8 Å². The lowest BCUT2D eigenvalue weighted by molar-refractivity contribution is -0.146. The summed E-state index contributed by atoms with van der Waals surface area (Å²) in [5.74, 6) is -2.36. The highest BCUT2D eigenvalue weighted by molar-refractivity contribution is 7.54. The molecule has 0 saturated carbocycles. The Morgan fingerprint density at radius 2 is 1.66 bits per heavy atom. The van der Waals surface area contributed by atoms with Crippen LogP contribution in [0, 0.1) is 11.8 Å². The third-order valence-electron chi connectivity index (χ3n) is 4.79. The third-order valence-corrected chi connectivity index (χ3v) is 7.07. The fourth-order valence-corrected chi connectivity index (χ4v) is 5.84. The van der Waals surface area contributed by atoms with Crippen molar-refractivity contribution in [1.29, 1.82) is 0 Å². The number of amides is 1. The molecule has 1 amide bonds. The summed E-state index contributed by atoms with van der Waals surface area (Å²) in [6.45, 7) is 11.2. The summed E-state index contributed by atoms with van der Waals surface area (Å²) in [6.07, 6.45) is 0.888. The fraction of sp³-hybridized carbons (Fsp3) is 0.737. The molecule has 3 N–H and O–H groups in total. The molecule has 0 fully saturated rings. The molecular formula is C19H34NO8P. The second-order valence-electron chi connectivity index (χ2n) is 7.51. The topological polar surface area (TPSA) is 139 Å². The average molecular weight is 435 g/mol. The summed E-state index contributed by atoms with van der Waals surface area (Å²) in [5, 5.41) is 0.679. The normalized spacial score (nSPS) is 15.1. The molecule has 0 aromatic rings. The molecule has 0 saturated heterocycles. The predicted molar refractivity (Wildman–Crippen MR) is 108 cm³/mol. The van der Waals surface area contributed by atoms with Gasteiger partial charge in [-0.15, -0.1) is 0 Å². The van der Waals surface area contributed by atoms with Gasteiger partial charge in [0.15, 0.2) is 0 Å². The molecule has 2 atom stereocenters. The van der Waals surface area contributed by atoms with Crippen molar-refractivity contribution in [3.8, 4) is 0 Å². The van der Waals surface area contributed by atoms with E-state index < -0.39 is 48.7 Å². The first-order chi connectivity index (χ1) is 13.2. The van der Waals surface area contributed by atoms with E-state index in [0.717, 1.165) is 0 Å². The fourth-order valence-electron chi connectivity index (χ4n) is 3.96. The summed E-state index contributed by atoms with van der Waals surface area (Å²) >= 11 is 0. The van der Waals surface area contributed by atoms with Crippen molar-refractivity contribution in [2.24, 2.45) is 11.8 Å². The van der Waals surface area contributed by atoms with Crippen LogP contribution in [0.5, 0.6) is 0 Å². The molecule has 0 aliphatic heterocycles. The van der Waals surface area contributed by atoms with E-state index in [9.17, 15) is 28.7 Å². The summed E-state index contributed by atoms with van der Waals surface area (Å²) in [4.78, 5) is 55.4. The van der Waals surface area contributed by atoms with Gasteiger partial charge in [-0.3, -0.25) is 14.2 Å². The minimum Gasteiger partial charge on any atom is -0.464 e. The molecule has 29 heavy (non-hydrogen) atoms. The molecule has 0 aliphatic carbocycles. The second kappa shape index (κ2) is 11.5. The van der Waals surface area contributed by atoms with Crippen LogP contribution in [0.4, 0.5) is 0 Å². The summed E-state index contributed by atoms with van der Waals surface area (Å²) in [7, 11) is -4.76. The lowest BCUT2D eigenvalue weighted by atomic mass is 9.76. The molecular weight excluding hydrogens is 401 g/mol. The van der Waals surface area contributed by atoms with E-state index >= 15 is 0 Å². The van der Waals surface area contributed by atoms with Crippen molar-refractivity contribution in [3.63, 3.8) is 0 Å². The second-order valence-corrected chi connectivity index (χ2v) is 9.34. The Morgan fingerprint density at radius 1 is 1.14 bits per heavy atom. The Hall–Kier alpha value is -1.70. The highest BCUT2D eigenvalue weighted by atomic mass is 31.2. The van der Waals surface area contributed by atoms with Gasteiger partial charge in [-0.05, 0) is 31.3 Å². The Morgan fingerprint density at radius 3 is 2.00 bits per heavy atom. The Labute approximate surface area is 172 Å². The number of rotatable bonds is 12. The smallest absolute Gasteiger partial charge is 0.336 e. The van der Waals surface area contributed by atoms with Gasteiger partial charge < -0.3 is 24.6 Å². The molecule has 9 nitrogen and oxygen atoms in total. The van der Waals surface area contributed by atoms with Crippen molar-refractivity contribution in [2.45, 2.75) is 72.2 Å². The summed E-state index contributed by atoms with van der Waals surface area (Å²) < 4.78 is 22.9. The minimum absolute atomic E-state index is 0.0303. The van der Waals surface area contributed by atoms with E-state index in [0.29, 0.717) is 6.41 Å². The van der Waals surface area contributed by atoms with Crippen LogP contribution in [-0.2, 0) is 28.4 Å². The van der Waals surface area contributed by atoms with Crippen molar-refractivity contribution < 1.29 is 38.2 Å². The molecule has 0 spiro atoms. The molecule has 168 valence electrons. The largest absolute Gasteiger partial charge is 0.464 e. The van der Waals surface area contributed by atoms with Crippen molar-refractivity contribution in [3.05, 3.63) is 11.6 Å². The number of nitrogens with one attached hydrogen (secondary N) is 1. The first kappa shape index (κ1) is 27.3. The number of carbonyl (C=O) groups excluding carboxylic acids is 3. The summed E-state index contributed by atoms with van der Waals surface area (Å²) in [5.41, 5.74) is 0.219. The maximum absolute atomic E-state index is 12.8. The highest BCUT2D eigenvalue weighted by Gasteiger charge is 2.54. The molecule has 0 aromatic heterocycles. The van der Waals surface area contributed by atoms with Gasteiger partial charge in [0.25, 0.3) is 0 Å². The number of carbonyl (C=O) groups is 3. The lowest BCUT2D eigenvalue weighted by Crippen LogP contribution is -2.45. The minimum atomic E-state index is -4.76. The van der Waals surface area contributed by atoms with Crippen molar-refractivity contribution >= 4 is 25.9 Å². The maximum Gasteiger partial charge on any atom is 0.336 e. The first-order valence-electron chi connectivity index (χ1n) is 9.55. The van der Waals surface area contributed by atoms with Gasteiger partial charge in [0, 0.05) is 13.3 Å². The Balaban J connectivity index is 6.72. The van der Waals surface area contributed by atoms with Gasteiger partial charge in [-0.2, -0.15) is 0 Å². The SMILES string of the molecule is CCOC(=O)C(C=C(CC(C)OC(C)=O)C(C(C)C)(C(C)C)P(=O)(O)O)NC=O. The molecule has 0 rings (SSSR count). The molecule has 0 radical (unpaired) electrons. The Bertz CT molecular complexity index is 645. The van der Waals surface area contributed by atoms with Crippen LogP contribution in [0.1, 0.15) is 54.9 Å². The van der Waals surface area contributed by atoms with E-state index in [1.165, 1.54) is 13.0 Å². The van der Waals surface area contributed by atoms with E-state index in [2.05, 4.69) is 5.32 Å². The molecule has 2 unspecified atom stereocenters. The zero-order valence-corrected chi connectivity index (χ0v) is 19.1. The molecule has 0 aromatic carbocycles. The summed E-state index contributed by atoms with van der Waals surface area (Å²) in [6, 6.07) is -1.24. The zero-order valence-electron chi connectivity index (χ0n) is 18.2. The monoisotopic (exact) mass is 435 g/mol. The number of esters is 2. The van der Waals surface area contributed by atoms with Crippen LogP contribution in [0.3, 0.4) is 0 Å². The number of hydrogen-bond donors (Lipinski definition) is 3. The van der Waals surface area contributed by atoms with Crippen LogP contribution in [0.2, 0.25) is 0 Å². The third kappa shape index (κ3) is 6.94. The van der Waals surface area contributed by atoms with Gasteiger partial charge in [0.05, 0.1) is 11.8 Å².